The average molecular weight is 360 g/mol. The Labute approximate surface area is 149 Å². The summed E-state index contributed by atoms with van der Waals surface area (Å²) in [7, 11) is 0. The van der Waals surface area contributed by atoms with Crippen molar-refractivity contribution >= 4 is 34.7 Å². The van der Waals surface area contributed by atoms with E-state index in [1.165, 1.54) is 18.3 Å². The van der Waals surface area contributed by atoms with E-state index in [1.807, 2.05) is 31.2 Å². The van der Waals surface area contributed by atoms with Crippen molar-refractivity contribution in [2.45, 2.75) is 6.92 Å². The van der Waals surface area contributed by atoms with Gasteiger partial charge in [0.1, 0.15) is 11.6 Å². The van der Waals surface area contributed by atoms with E-state index in [1.54, 1.807) is 6.07 Å². The standard InChI is InChI=1S/C17H15ClFN5O/c1-2-25-15-6-4-3-5-14(15)22-17-23-16(10-20-24-17)21-11-7-8-13(19)12(18)9-11/h3-10H,2H2,1H3,(H2,21,22,23,24). The van der Waals surface area contributed by atoms with Gasteiger partial charge in [0, 0.05) is 5.69 Å². The molecule has 2 aromatic carbocycles. The molecule has 0 aliphatic rings. The maximum Gasteiger partial charge on any atom is 0.249 e. The van der Waals surface area contributed by atoms with E-state index in [4.69, 9.17) is 16.3 Å². The Morgan fingerprint density at radius 1 is 1.16 bits per heavy atom. The van der Waals surface area contributed by atoms with Gasteiger partial charge >= 0.3 is 0 Å². The third kappa shape index (κ3) is 4.33. The number of hydrogen-bond donors (Lipinski definition) is 2. The number of nitrogens with zero attached hydrogens (tertiary/aromatic N) is 3. The van der Waals surface area contributed by atoms with Gasteiger partial charge in [0.25, 0.3) is 0 Å². The van der Waals surface area contributed by atoms with Crippen molar-refractivity contribution in [1.82, 2.24) is 15.2 Å². The van der Waals surface area contributed by atoms with E-state index in [2.05, 4.69) is 25.8 Å². The second-order valence-corrected chi connectivity index (χ2v) is 5.38. The van der Waals surface area contributed by atoms with Crippen LogP contribution in [0.25, 0.3) is 0 Å². The minimum atomic E-state index is -0.483. The Balaban J connectivity index is 1.78. The molecule has 0 saturated heterocycles. The Kier molecular flexibility index (Phi) is 5.25. The van der Waals surface area contributed by atoms with E-state index < -0.39 is 5.82 Å². The molecule has 1 aromatic heterocycles. The van der Waals surface area contributed by atoms with Crippen LogP contribution in [0.5, 0.6) is 5.75 Å². The number of anilines is 4. The van der Waals surface area contributed by atoms with Crippen LogP contribution in [0.15, 0.2) is 48.7 Å². The maximum atomic E-state index is 13.2. The predicted octanol–water partition coefficient (Wildman–Crippen LogP) is 4.55. The minimum Gasteiger partial charge on any atom is -0.492 e. The molecule has 0 fully saturated rings. The molecule has 1 heterocycles. The van der Waals surface area contributed by atoms with Gasteiger partial charge in [-0.25, -0.2) is 4.39 Å². The number of nitrogens with one attached hydrogen (secondary N) is 2. The third-order valence-electron chi connectivity index (χ3n) is 3.18. The fourth-order valence-electron chi connectivity index (χ4n) is 2.11. The number of ether oxygens (including phenoxy) is 1. The lowest BCUT2D eigenvalue weighted by Crippen LogP contribution is -2.04. The molecular formula is C17H15ClFN5O. The van der Waals surface area contributed by atoms with Crippen molar-refractivity contribution in [1.29, 1.82) is 0 Å². The number of para-hydroxylation sites is 2. The van der Waals surface area contributed by atoms with Gasteiger partial charge < -0.3 is 15.4 Å². The topological polar surface area (TPSA) is 72.0 Å². The van der Waals surface area contributed by atoms with Crippen molar-refractivity contribution in [2.75, 3.05) is 17.2 Å². The van der Waals surface area contributed by atoms with Crippen LogP contribution < -0.4 is 15.4 Å². The second-order valence-electron chi connectivity index (χ2n) is 4.97. The first-order valence-corrected chi connectivity index (χ1v) is 7.94. The Morgan fingerprint density at radius 2 is 2.00 bits per heavy atom. The van der Waals surface area contributed by atoms with Crippen LogP contribution >= 0.6 is 11.6 Å². The van der Waals surface area contributed by atoms with Gasteiger partial charge in [-0.3, -0.25) is 0 Å². The van der Waals surface area contributed by atoms with Crippen LogP contribution in [-0.2, 0) is 0 Å². The largest absolute Gasteiger partial charge is 0.492 e. The quantitative estimate of drug-likeness (QED) is 0.672. The first kappa shape index (κ1) is 16.9. The van der Waals surface area contributed by atoms with Crippen LogP contribution in [0.3, 0.4) is 0 Å². The summed E-state index contributed by atoms with van der Waals surface area (Å²) in [5.74, 6) is 0.944. The molecule has 128 valence electrons. The molecule has 0 spiro atoms. The molecule has 0 aliphatic heterocycles. The molecule has 3 rings (SSSR count). The van der Waals surface area contributed by atoms with Gasteiger partial charge in [-0.1, -0.05) is 23.7 Å². The van der Waals surface area contributed by atoms with Gasteiger partial charge in [-0.2, -0.15) is 10.1 Å². The Hall–Kier alpha value is -2.93. The molecule has 0 bridgehead atoms. The highest BCUT2D eigenvalue weighted by Gasteiger charge is 2.07. The lowest BCUT2D eigenvalue weighted by atomic mass is 10.3. The normalized spacial score (nSPS) is 10.4. The Bertz CT molecular complexity index is 877. The molecule has 0 amide bonds. The summed E-state index contributed by atoms with van der Waals surface area (Å²) in [5.41, 5.74) is 1.32. The number of aromatic nitrogens is 3. The maximum absolute atomic E-state index is 13.2. The molecule has 3 aromatic rings. The third-order valence-corrected chi connectivity index (χ3v) is 3.47. The summed E-state index contributed by atoms with van der Waals surface area (Å²) in [6.07, 6.45) is 1.46. The van der Waals surface area contributed by atoms with E-state index in [0.717, 1.165) is 5.69 Å². The molecule has 0 saturated carbocycles. The van der Waals surface area contributed by atoms with Crippen LogP contribution in [-0.4, -0.2) is 21.8 Å². The summed E-state index contributed by atoms with van der Waals surface area (Å²) in [4.78, 5) is 4.33. The van der Waals surface area contributed by atoms with E-state index in [-0.39, 0.29) is 5.02 Å². The molecule has 0 aliphatic carbocycles. The molecule has 0 unspecified atom stereocenters. The van der Waals surface area contributed by atoms with Gasteiger partial charge in [0.05, 0.1) is 23.5 Å². The zero-order valence-electron chi connectivity index (χ0n) is 13.3. The molecular weight excluding hydrogens is 345 g/mol. The van der Waals surface area contributed by atoms with E-state index >= 15 is 0 Å². The van der Waals surface area contributed by atoms with Crippen LogP contribution in [0.1, 0.15) is 6.92 Å². The fourth-order valence-corrected chi connectivity index (χ4v) is 2.29. The smallest absolute Gasteiger partial charge is 0.249 e. The van der Waals surface area contributed by atoms with Crippen molar-refractivity contribution in [2.24, 2.45) is 0 Å². The first-order chi connectivity index (χ1) is 12.2. The van der Waals surface area contributed by atoms with Gasteiger partial charge in [0.15, 0.2) is 5.82 Å². The van der Waals surface area contributed by atoms with Crippen molar-refractivity contribution in [3.8, 4) is 5.75 Å². The van der Waals surface area contributed by atoms with E-state index in [9.17, 15) is 4.39 Å². The predicted molar refractivity (Wildman–Crippen MR) is 95.4 cm³/mol. The van der Waals surface area contributed by atoms with Gasteiger partial charge in [-0.05, 0) is 37.3 Å². The van der Waals surface area contributed by atoms with Crippen molar-refractivity contribution in [3.63, 3.8) is 0 Å². The summed E-state index contributed by atoms with van der Waals surface area (Å²) >= 11 is 5.78. The number of benzene rings is 2. The molecule has 25 heavy (non-hydrogen) atoms. The number of halogens is 2. The average Bonchev–Trinajstić information content (AvgIpc) is 2.61. The first-order valence-electron chi connectivity index (χ1n) is 7.56. The summed E-state index contributed by atoms with van der Waals surface area (Å²) in [6, 6.07) is 11.8. The van der Waals surface area contributed by atoms with Crippen molar-refractivity contribution in [3.05, 3.63) is 59.5 Å². The van der Waals surface area contributed by atoms with Crippen LogP contribution in [0, 0.1) is 5.82 Å². The number of hydrogen-bond acceptors (Lipinski definition) is 6. The second kappa shape index (κ2) is 7.76. The molecule has 0 atom stereocenters. The Morgan fingerprint density at radius 3 is 2.80 bits per heavy atom. The molecule has 8 heteroatoms. The summed E-state index contributed by atoms with van der Waals surface area (Å²) < 4.78 is 18.8. The highest BCUT2D eigenvalue weighted by Crippen LogP contribution is 2.26. The van der Waals surface area contributed by atoms with Crippen LogP contribution in [0.4, 0.5) is 27.5 Å². The van der Waals surface area contributed by atoms with E-state index in [0.29, 0.717) is 29.8 Å². The summed E-state index contributed by atoms with van der Waals surface area (Å²) in [6.45, 7) is 2.46. The highest BCUT2D eigenvalue weighted by molar-refractivity contribution is 6.31. The zero-order chi connectivity index (χ0) is 17.6. The monoisotopic (exact) mass is 359 g/mol. The SMILES string of the molecule is CCOc1ccccc1Nc1nncc(Nc2ccc(F)c(Cl)c2)n1. The molecule has 0 radical (unpaired) electrons. The highest BCUT2D eigenvalue weighted by atomic mass is 35.5. The lowest BCUT2D eigenvalue weighted by molar-refractivity contribution is 0.342. The van der Waals surface area contributed by atoms with Crippen molar-refractivity contribution < 1.29 is 9.13 Å². The fraction of sp³-hybridized carbons (Fsp3) is 0.118. The number of rotatable bonds is 6. The van der Waals surface area contributed by atoms with Gasteiger partial charge in [0.2, 0.25) is 5.95 Å². The van der Waals surface area contributed by atoms with Gasteiger partial charge in [-0.15, -0.1) is 5.10 Å². The zero-order valence-corrected chi connectivity index (χ0v) is 14.1. The molecule has 2 N–H and O–H groups in total. The van der Waals surface area contributed by atoms with Crippen LogP contribution in [0.2, 0.25) is 5.02 Å². The molecule has 6 nitrogen and oxygen atoms in total. The summed E-state index contributed by atoms with van der Waals surface area (Å²) in [5, 5.41) is 14.0. The minimum absolute atomic E-state index is 0.0241. The lowest BCUT2D eigenvalue weighted by Gasteiger charge is -2.11.